The number of ether oxygens (including phenoxy) is 1. The maximum atomic E-state index is 10.6. The third-order valence-corrected chi connectivity index (χ3v) is 4.98. The number of thioether (sulfide) groups is 2. The maximum absolute atomic E-state index is 10.6. The summed E-state index contributed by atoms with van der Waals surface area (Å²) in [6.07, 6.45) is -1.50. The van der Waals surface area contributed by atoms with E-state index < -0.39 is 46.9 Å². The minimum atomic E-state index is -5.05. The molecule has 0 bridgehead atoms. The molecule has 10 nitrogen and oxygen atoms in total. The van der Waals surface area contributed by atoms with E-state index in [-0.39, 0.29) is 62.8 Å². The van der Waals surface area contributed by atoms with Gasteiger partial charge in [0.25, 0.3) is 10.4 Å². The minimum absolute atomic E-state index is 0. The standard InChI is InChI=1S/C12H21NO9S3.K/c1-23-5-3-2-4-8(13-22-25(18,19)20)24-12-11(17)10(16)9(15)7(6-14)21-12;/h3,5,7,9-12,14-17H,2,4,6H2,1H3,(H,18,19,20);/q;+1/p-1/t7-,9-,10+,11-,12+;/m1./s1. The molecule has 0 amide bonds. The van der Waals surface area contributed by atoms with Crippen LogP contribution in [0.15, 0.2) is 16.6 Å². The molecule has 1 heterocycles. The van der Waals surface area contributed by atoms with Crippen LogP contribution >= 0.6 is 23.5 Å². The van der Waals surface area contributed by atoms with Crippen molar-refractivity contribution in [3.05, 3.63) is 11.5 Å². The van der Waals surface area contributed by atoms with Crippen LogP contribution in [-0.4, -0.2) is 81.2 Å². The topological polar surface area (TPSA) is 169 Å². The normalized spacial score (nSPS) is 30.2. The van der Waals surface area contributed by atoms with Crippen LogP contribution in [0.4, 0.5) is 0 Å². The fourth-order valence-corrected chi connectivity index (χ4v) is 3.52. The summed E-state index contributed by atoms with van der Waals surface area (Å²) in [7, 11) is -5.05. The summed E-state index contributed by atoms with van der Waals surface area (Å²) >= 11 is 2.18. The van der Waals surface area contributed by atoms with E-state index >= 15 is 0 Å². The van der Waals surface area contributed by atoms with Crippen LogP contribution in [0.25, 0.3) is 0 Å². The Morgan fingerprint density at radius 3 is 2.50 bits per heavy atom. The molecule has 0 aliphatic carbocycles. The molecule has 1 fully saturated rings. The van der Waals surface area contributed by atoms with Crippen molar-refractivity contribution in [1.82, 2.24) is 0 Å². The quantitative estimate of drug-likeness (QED) is 0.0699. The van der Waals surface area contributed by atoms with Gasteiger partial charge in [-0.05, 0) is 18.1 Å². The van der Waals surface area contributed by atoms with Crippen molar-refractivity contribution in [3.8, 4) is 0 Å². The van der Waals surface area contributed by atoms with Crippen LogP contribution in [0.2, 0.25) is 0 Å². The number of aliphatic hydroxyl groups is 4. The summed E-state index contributed by atoms with van der Waals surface area (Å²) < 4.78 is 40.9. The SMILES string of the molecule is CSC=CCCC(=NOS(=O)(=O)[O-])S[C@@H]1O[C@H](CO)[C@@H](O)[C@H](O)[C@H]1O.[K+]. The number of aliphatic hydroxyl groups excluding tert-OH is 4. The average molecular weight is 458 g/mol. The van der Waals surface area contributed by atoms with Crippen molar-refractivity contribution in [3.63, 3.8) is 0 Å². The van der Waals surface area contributed by atoms with Crippen molar-refractivity contribution in [2.45, 2.75) is 42.7 Å². The third kappa shape index (κ3) is 9.64. The van der Waals surface area contributed by atoms with E-state index in [0.717, 1.165) is 11.8 Å². The van der Waals surface area contributed by atoms with Gasteiger partial charge in [0.05, 0.1) is 6.61 Å². The zero-order chi connectivity index (χ0) is 19.0. The van der Waals surface area contributed by atoms with Crippen molar-refractivity contribution >= 4 is 39.0 Å². The van der Waals surface area contributed by atoms with Gasteiger partial charge in [-0.1, -0.05) is 23.0 Å². The first-order valence-corrected chi connectivity index (χ1v) is 10.6. The maximum Gasteiger partial charge on any atom is 1.00 e. The first-order chi connectivity index (χ1) is 11.7. The van der Waals surface area contributed by atoms with E-state index in [0.29, 0.717) is 6.42 Å². The fourth-order valence-electron chi connectivity index (χ4n) is 1.88. The number of hydrogen-bond acceptors (Lipinski definition) is 12. The Morgan fingerprint density at radius 1 is 1.31 bits per heavy atom. The van der Waals surface area contributed by atoms with Crippen molar-refractivity contribution < 1.29 is 93.8 Å². The molecule has 0 saturated carbocycles. The molecule has 5 atom stereocenters. The van der Waals surface area contributed by atoms with Crippen LogP contribution < -0.4 is 51.4 Å². The molecule has 26 heavy (non-hydrogen) atoms. The number of oxime groups is 1. The summed E-state index contributed by atoms with van der Waals surface area (Å²) in [4.78, 5) is 0. The average Bonchev–Trinajstić information content (AvgIpc) is 2.55. The molecular formula is C12H20KNO9S3. The number of rotatable bonds is 8. The molecule has 0 radical (unpaired) electrons. The molecule has 0 unspecified atom stereocenters. The zero-order valence-corrected chi connectivity index (χ0v) is 19.7. The van der Waals surface area contributed by atoms with Crippen LogP contribution in [-0.2, 0) is 19.4 Å². The molecule has 0 aromatic carbocycles. The molecule has 1 aliphatic rings. The van der Waals surface area contributed by atoms with Gasteiger partial charge < -0.3 is 29.7 Å². The molecule has 0 spiro atoms. The Kier molecular flexibility index (Phi) is 14.1. The number of allylic oxidation sites excluding steroid dienone is 1. The number of nitrogens with zero attached hydrogens (tertiary/aromatic N) is 1. The van der Waals surface area contributed by atoms with Gasteiger partial charge in [-0.2, -0.15) is 8.42 Å². The largest absolute Gasteiger partial charge is 1.00 e. The molecule has 1 aliphatic heterocycles. The molecule has 4 N–H and O–H groups in total. The molecule has 1 rings (SSSR count). The van der Waals surface area contributed by atoms with Crippen LogP contribution in [0.5, 0.6) is 0 Å². The van der Waals surface area contributed by atoms with Gasteiger partial charge in [-0.25, -0.2) is 0 Å². The summed E-state index contributed by atoms with van der Waals surface area (Å²) in [5.41, 5.74) is -1.16. The summed E-state index contributed by atoms with van der Waals surface area (Å²) in [6, 6.07) is 0. The Labute approximate surface area is 202 Å². The van der Waals surface area contributed by atoms with Gasteiger partial charge in [-0.3, -0.25) is 4.28 Å². The molecule has 14 heteroatoms. The third-order valence-electron chi connectivity index (χ3n) is 3.09. The Bertz CT molecular complexity index is 572. The summed E-state index contributed by atoms with van der Waals surface area (Å²) in [5.74, 6) is 0. The molecule has 0 aromatic heterocycles. The van der Waals surface area contributed by atoms with Crippen LogP contribution in [0.3, 0.4) is 0 Å². The second-order valence-corrected chi connectivity index (χ2v) is 7.81. The Morgan fingerprint density at radius 2 is 1.96 bits per heavy atom. The smallest absolute Gasteiger partial charge is 0.714 e. The predicted octanol–water partition coefficient (Wildman–Crippen LogP) is -4.03. The molecule has 1 saturated heterocycles. The van der Waals surface area contributed by atoms with E-state index in [2.05, 4.69) is 9.44 Å². The van der Waals surface area contributed by atoms with Crippen molar-refractivity contribution in [2.75, 3.05) is 12.9 Å². The van der Waals surface area contributed by atoms with E-state index in [1.54, 1.807) is 11.5 Å². The van der Waals surface area contributed by atoms with Gasteiger partial charge in [0.2, 0.25) is 0 Å². The second kappa shape index (κ2) is 13.5. The van der Waals surface area contributed by atoms with E-state index in [4.69, 9.17) is 9.84 Å². The van der Waals surface area contributed by atoms with Gasteiger partial charge in [0.1, 0.15) is 34.9 Å². The number of hydrogen-bond donors (Lipinski definition) is 4. The summed E-state index contributed by atoms with van der Waals surface area (Å²) in [6.45, 7) is -0.601. The van der Waals surface area contributed by atoms with Crippen molar-refractivity contribution in [2.24, 2.45) is 5.16 Å². The minimum Gasteiger partial charge on any atom is -0.714 e. The van der Waals surface area contributed by atoms with E-state index in [1.165, 1.54) is 11.8 Å². The predicted molar refractivity (Wildman–Crippen MR) is 91.5 cm³/mol. The first kappa shape index (κ1) is 27.3. The zero-order valence-electron chi connectivity index (χ0n) is 14.2. The van der Waals surface area contributed by atoms with Gasteiger partial charge in [0, 0.05) is 6.42 Å². The second-order valence-electron chi connectivity index (χ2n) is 4.93. The monoisotopic (exact) mass is 457 g/mol. The van der Waals surface area contributed by atoms with E-state index in [9.17, 15) is 28.3 Å². The Hall–Kier alpha value is 1.26. The Balaban J connectivity index is 0.00000625. The van der Waals surface area contributed by atoms with Crippen molar-refractivity contribution in [1.29, 1.82) is 0 Å². The summed E-state index contributed by atoms with van der Waals surface area (Å²) in [5, 5.41) is 43.7. The van der Waals surface area contributed by atoms with Gasteiger partial charge in [-0.15, -0.1) is 11.8 Å². The van der Waals surface area contributed by atoms with Gasteiger partial charge in [0.15, 0.2) is 0 Å². The molecule has 146 valence electrons. The van der Waals surface area contributed by atoms with Crippen LogP contribution in [0.1, 0.15) is 12.8 Å². The van der Waals surface area contributed by atoms with Gasteiger partial charge >= 0.3 is 51.4 Å². The van der Waals surface area contributed by atoms with E-state index in [1.807, 2.05) is 6.26 Å². The molecule has 0 aromatic rings. The first-order valence-electron chi connectivity index (χ1n) is 7.06. The fraction of sp³-hybridized carbons (Fsp3) is 0.750. The molecular weight excluding hydrogens is 437 g/mol. The van der Waals surface area contributed by atoms with Crippen LogP contribution in [0, 0.1) is 0 Å².